The molecule has 0 unspecified atom stereocenters. The average Bonchev–Trinajstić information content (AvgIpc) is 3.13. The maximum atomic E-state index is 13.3. The standard InChI is InChI=1S/C21H19FN4O2S2/c1-2-9-23-16(27)12-29-21-25-17-15-4-3-10-24-19(15)30-18(17)20(28)26(21)11-13-5-7-14(22)8-6-13/h3-8,10H,2,9,11-12H2,1H3,(H,23,27). The molecule has 0 aliphatic rings. The van der Waals surface area contributed by atoms with Gasteiger partial charge in [-0.1, -0.05) is 30.8 Å². The van der Waals surface area contributed by atoms with Gasteiger partial charge in [0, 0.05) is 18.1 Å². The zero-order chi connectivity index (χ0) is 21.1. The third-order valence-corrected chi connectivity index (χ3v) is 6.54. The van der Waals surface area contributed by atoms with Gasteiger partial charge in [-0.05, 0) is 36.2 Å². The summed E-state index contributed by atoms with van der Waals surface area (Å²) in [5.41, 5.74) is 1.18. The molecule has 154 valence electrons. The lowest BCUT2D eigenvalue weighted by molar-refractivity contribution is -0.118. The molecule has 0 fully saturated rings. The van der Waals surface area contributed by atoms with Gasteiger partial charge >= 0.3 is 0 Å². The van der Waals surface area contributed by atoms with Crippen molar-refractivity contribution in [2.24, 2.45) is 0 Å². The number of halogens is 1. The van der Waals surface area contributed by atoms with Crippen LogP contribution in [0, 0.1) is 5.82 Å². The minimum absolute atomic E-state index is 0.110. The lowest BCUT2D eigenvalue weighted by Crippen LogP contribution is -2.27. The van der Waals surface area contributed by atoms with Gasteiger partial charge in [-0.15, -0.1) is 11.3 Å². The van der Waals surface area contributed by atoms with E-state index in [1.807, 2.05) is 19.1 Å². The Kier molecular flexibility index (Phi) is 6.10. The molecule has 0 saturated heterocycles. The van der Waals surface area contributed by atoms with E-state index in [2.05, 4.69) is 10.3 Å². The second kappa shape index (κ2) is 8.93. The van der Waals surface area contributed by atoms with Crippen molar-refractivity contribution in [1.29, 1.82) is 0 Å². The molecule has 30 heavy (non-hydrogen) atoms. The lowest BCUT2D eigenvalue weighted by atomic mass is 10.2. The van der Waals surface area contributed by atoms with Crippen molar-refractivity contribution < 1.29 is 9.18 Å². The highest BCUT2D eigenvalue weighted by Gasteiger charge is 2.18. The Bertz CT molecular complexity index is 1270. The molecule has 1 aromatic carbocycles. The van der Waals surface area contributed by atoms with Gasteiger partial charge in [-0.2, -0.15) is 0 Å². The van der Waals surface area contributed by atoms with Gasteiger partial charge in [0.15, 0.2) is 5.16 Å². The number of thioether (sulfide) groups is 1. The van der Waals surface area contributed by atoms with Crippen LogP contribution in [-0.4, -0.2) is 32.7 Å². The molecule has 0 spiro atoms. The number of pyridine rings is 1. The van der Waals surface area contributed by atoms with Crippen LogP contribution in [-0.2, 0) is 11.3 Å². The van der Waals surface area contributed by atoms with Crippen LogP contribution in [0.2, 0.25) is 0 Å². The van der Waals surface area contributed by atoms with Crippen molar-refractivity contribution in [1.82, 2.24) is 19.9 Å². The summed E-state index contributed by atoms with van der Waals surface area (Å²) in [6.07, 6.45) is 2.53. The SMILES string of the molecule is CCCNC(=O)CSc1nc2c(sc3ncccc32)c(=O)n1Cc1ccc(F)cc1. The largest absolute Gasteiger partial charge is 0.355 e. The summed E-state index contributed by atoms with van der Waals surface area (Å²) in [5.74, 6) is -0.291. The summed E-state index contributed by atoms with van der Waals surface area (Å²) in [6.45, 7) is 2.83. The predicted molar refractivity (Wildman–Crippen MR) is 119 cm³/mol. The lowest BCUT2D eigenvalue weighted by Gasteiger charge is -2.12. The fourth-order valence-electron chi connectivity index (χ4n) is 3.01. The zero-order valence-electron chi connectivity index (χ0n) is 16.2. The van der Waals surface area contributed by atoms with E-state index in [9.17, 15) is 14.0 Å². The van der Waals surface area contributed by atoms with Gasteiger partial charge in [-0.3, -0.25) is 14.2 Å². The first kappa shape index (κ1) is 20.5. The monoisotopic (exact) mass is 442 g/mol. The van der Waals surface area contributed by atoms with Gasteiger partial charge in [0.1, 0.15) is 15.3 Å². The molecule has 0 aliphatic carbocycles. The zero-order valence-corrected chi connectivity index (χ0v) is 17.9. The van der Waals surface area contributed by atoms with Gasteiger partial charge in [-0.25, -0.2) is 14.4 Å². The highest BCUT2D eigenvalue weighted by Crippen LogP contribution is 2.30. The smallest absolute Gasteiger partial charge is 0.272 e. The number of carbonyl (C=O) groups excluding carboxylic acids is 1. The summed E-state index contributed by atoms with van der Waals surface area (Å²) in [5, 5.41) is 4.10. The third kappa shape index (κ3) is 4.22. The van der Waals surface area contributed by atoms with Crippen LogP contribution < -0.4 is 10.9 Å². The normalized spacial score (nSPS) is 11.3. The number of nitrogens with one attached hydrogen (secondary N) is 1. The van der Waals surface area contributed by atoms with Gasteiger partial charge in [0.25, 0.3) is 5.56 Å². The van der Waals surface area contributed by atoms with E-state index < -0.39 is 0 Å². The van der Waals surface area contributed by atoms with Crippen molar-refractivity contribution in [3.63, 3.8) is 0 Å². The molecule has 9 heteroatoms. The summed E-state index contributed by atoms with van der Waals surface area (Å²) in [6, 6.07) is 9.70. The fourth-order valence-corrected chi connectivity index (χ4v) is 4.86. The number of benzene rings is 1. The van der Waals surface area contributed by atoms with E-state index in [0.29, 0.717) is 21.9 Å². The summed E-state index contributed by atoms with van der Waals surface area (Å²) < 4.78 is 15.4. The van der Waals surface area contributed by atoms with Crippen molar-refractivity contribution in [3.8, 4) is 0 Å². The second-order valence-electron chi connectivity index (χ2n) is 6.69. The number of rotatable bonds is 7. The fraction of sp³-hybridized carbons (Fsp3) is 0.238. The molecule has 1 amide bonds. The summed E-state index contributed by atoms with van der Waals surface area (Å²) in [7, 11) is 0. The minimum Gasteiger partial charge on any atom is -0.355 e. The topological polar surface area (TPSA) is 76.9 Å². The van der Waals surface area contributed by atoms with Gasteiger partial charge in [0.05, 0.1) is 17.8 Å². The van der Waals surface area contributed by atoms with Crippen LogP contribution in [0.25, 0.3) is 20.4 Å². The number of nitrogens with zero attached hydrogens (tertiary/aromatic N) is 3. The number of thiophene rings is 1. The second-order valence-corrected chi connectivity index (χ2v) is 8.63. The molecule has 0 aliphatic heterocycles. The van der Waals surface area contributed by atoms with Crippen LogP contribution in [0.5, 0.6) is 0 Å². The number of carbonyl (C=O) groups is 1. The maximum Gasteiger partial charge on any atom is 0.272 e. The Labute approximate surface area is 180 Å². The molecule has 0 atom stereocenters. The number of hydrogen-bond donors (Lipinski definition) is 1. The molecule has 1 N–H and O–H groups in total. The molecule has 0 bridgehead atoms. The first-order chi connectivity index (χ1) is 14.6. The van der Waals surface area contributed by atoms with Crippen molar-refractivity contribution in [3.05, 3.63) is 64.3 Å². The molecule has 6 nitrogen and oxygen atoms in total. The van der Waals surface area contributed by atoms with Crippen LogP contribution in [0.1, 0.15) is 18.9 Å². The van der Waals surface area contributed by atoms with E-state index in [-0.39, 0.29) is 29.6 Å². The Morgan fingerprint density at radius 2 is 2.07 bits per heavy atom. The van der Waals surface area contributed by atoms with E-state index >= 15 is 0 Å². The maximum absolute atomic E-state index is 13.3. The highest BCUT2D eigenvalue weighted by molar-refractivity contribution is 7.99. The van der Waals surface area contributed by atoms with Gasteiger partial charge < -0.3 is 5.32 Å². The Morgan fingerprint density at radius 3 is 2.83 bits per heavy atom. The van der Waals surface area contributed by atoms with E-state index in [4.69, 9.17) is 4.98 Å². The van der Waals surface area contributed by atoms with E-state index in [1.165, 1.54) is 35.2 Å². The molecular formula is C21H19FN4O2S2. The van der Waals surface area contributed by atoms with E-state index in [1.54, 1.807) is 22.9 Å². The average molecular weight is 443 g/mol. The highest BCUT2D eigenvalue weighted by atomic mass is 32.2. The van der Waals surface area contributed by atoms with Crippen molar-refractivity contribution >= 4 is 49.4 Å². The van der Waals surface area contributed by atoms with Crippen LogP contribution in [0.15, 0.2) is 52.5 Å². The first-order valence-corrected chi connectivity index (χ1v) is 11.3. The molecular weight excluding hydrogens is 423 g/mol. The molecule has 4 rings (SSSR count). The first-order valence-electron chi connectivity index (χ1n) is 9.49. The Morgan fingerprint density at radius 1 is 1.27 bits per heavy atom. The predicted octanol–water partition coefficient (Wildman–Crippen LogP) is 3.81. The number of aromatic nitrogens is 3. The van der Waals surface area contributed by atoms with E-state index in [0.717, 1.165) is 22.2 Å². The number of fused-ring (bicyclic) bond motifs is 3. The number of amides is 1. The molecule has 4 aromatic rings. The summed E-state index contributed by atoms with van der Waals surface area (Å²) >= 11 is 2.52. The number of hydrogen-bond acceptors (Lipinski definition) is 6. The van der Waals surface area contributed by atoms with Crippen LogP contribution in [0.3, 0.4) is 0 Å². The van der Waals surface area contributed by atoms with Crippen LogP contribution in [0.4, 0.5) is 4.39 Å². The molecule has 0 saturated carbocycles. The van der Waals surface area contributed by atoms with Crippen molar-refractivity contribution in [2.45, 2.75) is 25.0 Å². The van der Waals surface area contributed by atoms with Crippen molar-refractivity contribution in [2.75, 3.05) is 12.3 Å². The Balaban J connectivity index is 1.78. The quantitative estimate of drug-likeness (QED) is 0.348. The van der Waals surface area contributed by atoms with Crippen LogP contribution >= 0.6 is 23.1 Å². The van der Waals surface area contributed by atoms with Gasteiger partial charge in [0.2, 0.25) is 5.91 Å². The third-order valence-electron chi connectivity index (χ3n) is 4.48. The molecule has 3 aromatic heterocycles. The Hall–Kier alpha value is -2.78. The summed E-state index contributed by atoms with van der Waals surface area (Å²) in [4.78, 5) is 35.2. The molecule has 3 heterocycles. The minimum atomic E-state index is -0.336. The molecule has 0 radical (unpaired) electrons.